The molecule has 6 nitrogen and oxygen atoms in total. The predicted molar refractivity (Wildman–Crippen MR) is 83.4 cm³/mol. The van der Waals surface area contributed by atoms with Crippen LogP contribution in [0.4, 0.5) is 11.9 Å². The summed E-state index contributed by atoms with van der Waals surface area (Å²) in [4.78, 5) is 11.8. The highest BCUT2D eigenvalue weighted by molar-refractivity contribution is 5.35. The second-order valence-corrected chi connectivity index (χ2v) is 5.36. The van der Waals surface area contributed by atoms with Crippen molar-refractivity contribution in [2.24, 2.45) is 0 Å². The molecule has 0 saturated carbocycles. The van der Waals surface area contributed by atoms with Gasteiger partial charge in [0.05, 0.1) is 6.61 Å². The Morgan fingerprint density at radius 3 is 2.52 bits per heavy atom. The molecular formula is C15H21N5O. The first kappa shape index (κ1) is 15.0. The van der Waals surface area contributed by atoms with E-state index in [0.717, 1.165) is 5.75 Å². The topological polar surface area (TPSA) is 86.0 Å². The van der Waals surface area contributed by atoms with Crippen LogP contribution in [0, 0.1) is 0 Å². The number of anilines is 2. The van der Waals surface area contributed by atoms with E-state index in [2.05, 4.69) is 46.2 Å². The molecule has 2 rings (SSSR count). The number of nitrogens with two attached hydrogens (primary N) is 1. The second-order valence-electron chi connectivity index (χ2n) is 5.36. The average molecular weight is 287 g/mol. The summed E-state index contributed by atoms with van der Waals surface area (Å²) in [6.07, 6.45) is 1.40. The first-order chi connectivity index (χ1) is 10.0. The van der Waals surface area contributed by atoms with Crippen LogP contribution in [0.25, 0.3) is 0 Å². The largest absolute Gasteiger partial charge is 0.494 e. The van der Waals surface area contributed by atoms with Crippen molar-refractivity contribution in [2.75, 3.05) is 24.2 Å². The van der Waals surface area contributed by atoms with Gasteiger partial charge < -0.3 is 15.8 Å². The Morgan fingerprint density at radius 2 is 1.90 bits per heavy atom. The number of benzene rings is 1. The maximum absolute atomic E-state index is 5.54. The third-order valence-corrected chi connectivity index (χ3v) is 3.23. The van der Waals surface area contributed by atoms with Crippen LogP contribution in [-0.4, -0.2) is 28.1 Å². The molecule has 3 N–H and O–H groups in total. The van der Waals surface area contributed by atoms with Crippen molar-refractivity contribution in [3.05, 3.63) is 36.2 Å². The summed E-state index contributed by atoms with van der Waals surface area (Å²) in [6, 6.07) is 8.13. The lowest BCUT2D eigenvalue weighted by atomic mass is 9.84. The Labute approximate surface area is 124 Å². The van der Waals surface area contributed by atoms with Crippen molar-refractivity contribution < 1.29 is 4.74 Å². The lowest BCUT2D eigenvalue weighted by Crippen LogP contribution is -2.28. The Bertz CT molecular complexity index is 583. The number of nitrogen functional groups attached to an aromatic ring is 1. The van der Waals surface area contributed by atoms with Gasteiger partial charge in [0, 0.05) is 12.0 Å². The minimum Gasteiger partial charge on any atom is -0.494 e. The number of hydrogen-bond donors (Lipinski definition) is 2. The van der Waals surface area contributed by atoms with Crippen molar-refractivity contribution in [1.82, 2.24) is 15.0 Å². The number of hydrogen-bond acceptors (Lipinski definition) is 6. The van der Waals surface area contributed by atoms with Gasteiger partial charge in [-0.2, -0.15) is 4.98 Å². The van der Waals surface area contributed by atoms with E-state index in [4.69, 9.17) is 10.5 Å². The Balaban J connectivity index is 2.03. The van der Waals surface area contributed by atoms with Crippen molar-refractivity contribution in [1.29, 1.82) is 0 Å². The summed E-state index contributed by atoms with van der Waals surface area (Å²) >= 11 is 0. The zero-order chi connectivity index (χ0) is 15.3. The minimum absolute atomic E-state index is 0.0772. The van der Waals surface area contributed by atoms with E-state index >= 15 is 0 Å². The molecule has 21 heavy (non-hydrogen) atoms. The molecule has 1 aromatic heterocycles. The first-order valence-electron chi connectivity index (χ1n) is 6.93. The van der Waals surface area contributed by atoms with Gasteiger partial charge in [-0.3, -0.25) is 0 Å². The van der Waals surface area contributed by atoms with E-state index < -0.39 is 0 Å². The van der Waals surface area contributed by atoms with Crippen LogP contribution in [0.1, 0.15) is 26.3 Å². The van der Waals surface area contributed by atoms with E-state index in [0.29, 0.717) is 19.1 Å². The zero-order valence-electron chi connectivity index (χ0n) is 12.6. The van der Waals surface area contributed by atoms with E-state index in [1.54, 1.807) is 0 Å². The van der Waals surface area contributed by atoms with Crippen LogP contribution in [0.2, 0.25) is 0 Å². The highest BCUT2D eigenvalue weighted by Crippen LogP contribution is 2.25. The lowest BCUT2D eigenvalue weighted by Gasteiger charge is -2.25. The fourth-order valence-corrected chi connectivity index (χ4v) is 1.97. The third kappa shape index (κ3) is 4.05. The molecule has 1 aromatic carbocycles. The van der Waals surface area contributed by atoms with Crippen LogP contribution in [-0.2, 0) is 5.41 Å². The highest BCUT2D eigenvalue weighted by atomic mass is 16.5. The zero-order valence-corrected chi connectivity index (χ0v) is 12.6. The van der Waals surface area contributed by atoms with E-state index in [9.17, 15) is 0 Å². The summed E-state index contributed by atoms with van der Waals surface area (Å²) in [6.45, 7) is 7.64. The maximum Gasteiger partial charge on any atom is 0.227 e. The van der Waals surface area contributed by atoms with Crippen molar-refractivity contribution >= 4 is 11.9 Å². The summed E-state index contributed by atoms with van der Waals surface area (Å²) < 4.78 is 5.46. The smallest absolute Gasteiger partial charge is 0.227 e. The molecule has 6 heteroatoms. The molecule has 0 unspecified atom stereocenters. The lowest BCUT2D eigenvalue weighted by molar-refractivity contribution is 0.340. The van der Waals surface area contributed by atoms with E-state index in [-0.39, 0.29) is 11.4 Å². The first-order valence-corrected chi connectivity index (χ1v) is 6.93. The average Bonchev–Trinajstić information content (AvgIpc) is 2.46. The summed E-state index contributed by atoms with van der Waals surface area (Å²) in [5, 5.41) is 3.19. The Morgan fingerprint density at radius 1 is 1.19 bits per heavy atom. The summed E-state index contributed by atoms with van der Waals surface area (Å²) in [7, 11) is 0. The second kappa shape index (κ2) is 6.39. The molecule has 112 valence electrons. The molecule has 0 radical (unpaired) electrons. The predicted octanol–water partition coefficient (Wildman–Crippen LogP) is 2.24. The Kier molecular flexibility index (Phi) is 4.57. The SMILES string of the molecule is CCOc1ccc(C(C)(C)CNc2ncnc(N)n2)cc1. The number of ether oxygens (including phenoxy) is 1. The van der Waals surface area contributed by atoms with Crippen LogP contribution < -0.4 is 15.8 Å². The third-order valence-electron chi connectivity index (χ3n) is 3.23. The van der Waals surface area contributed by atoms with Gasteiger partial charge in [0.2, 0.25) is 11.9 Å². The standard InChI is InChI=1S/C15H21N5O/c1-4-21-12-7-5-11(6-8-12)15(2,3)9-17-14-19-10-18-13(16)20-14/h5-8,10H,4,9H2,1-3H3,(H3,16,17,18,19,20). The highest BCUT2D eigenvalue weighted by Gasteiger charge is 2.20. The van der Waals surface area contributed by atoms with Gasteiger partial charge >= 0.3 is 0 Å². The number of rotatable bonds is 6. The van der Waals surface area contributed by atoms with Crippen molar-refractivity contribution in [3.8, 4) is 5.75 Å². The molecule has 0 aliphatic carbocycles. The van der Waals surface area contributed by atoms with Crippen LogP contribution in [0.15, 0.2) is 30.6 Å². The van der Waals surface area contributed by atoms with Crippen molar-refractivity contribution in [2.45, 2.75) is 26.2 Å². The fourth-order valence-electron chi connectivity index (χ4n) is 1.97. The number of nitrogens with one attached hydrogen (secondary N) is 1. The van der Waals surface area contributed by atoms with Gasteiger partial charge in [-0.25, -0.2) is 9.97 Å². The van der Waals surface area contributed by atoms with E-state index in [1.165, 1.54) is 11.9 Å². The molecule has 2 aromatic rings. The van der Waals surface area contributed by atoms with Gasteiger partial charge in [0.25, 0.3) is 0 Å². The molecule has 0 fully saturated rings. The quantitative estimate of drug-likeness (QED) is 0.847. The molecule has 0 aliphatic rings. The van der Waals surface area contributed by atoms with E-state index in [1.807, 2.05) is 19.1 Å². The molecule has 0 spiro atoms. The molecule has 0 atom stereocenters. The van der Waals surface area contributed by atoms with Gasteiger partial charge in [-0.05, 0) is 24.6 Å². The van der Waals surface area contributed by atoms with Gasteiger partial charge in [0.1, 0.15) is 12.1 Å². The maximum atomic E-state index is 5.54. The van der Waals surface area contributed by atoms with Gasteiger partial charge in [-0.1, -0.05) is 26.0 Å². The van der Waals surface area contributed by atoms with Crippen molar-refractivity contribution in [3.63, 3.8) is 0 Å². The molecule has 0 amide bonds. The van der Waals surface area contributed by atoms with Crippen LogP contribution in [0.5, 0.6) is 5.75 Å². The van der Waals surface area contributed by atoms with Crippen LogP contribution in [0.3, 0.4) is 0 Å². The summed E-state index contributed by atoms with van der Waals surface area (Å²) in [5.41, 5.74) is 6.67. The van der Waals surface area contributed by atoms with Crippen LogP contribution >= 0.6 is 0 Å². The molecule has 0 bridgehead atoms. The fraction of sp³-hybridized carbons (Fsp3) is 0.400. The Hall–Kier alpha value is -2.37. The molecule has 1 heterocycles. The summed E-state index contributed by atoms with van der Waals surface area (Å²) in [5.74, 6) is 1.59. The number of nitrogens with zero attached hydrogens (tertiary/aromatic N) is 3. The molecule has 0 aliphatic heterocycles. The monoisotopic (exact) mass is 287 g/mol. The number of aromatic nitrogens is 3. The molecule has 0 saturated heterocycles. The van der Waals surface area contributed by atoms with Gasteiger partial charge in [0.15, 0.2) is 0 Å². The van der Waals surface area contributed by atoms with Gasteiger partial charge in [-0.15, -0.1) is 0 Å². The minimum atomic E-state index is -0.0772. The molecular weight excluding hydrogens is 266 g/mol. The normalized spacial score (nSPS) is 11.2.